The third kappa shape index (κ3) is 4.25. The van der Waals surface area contributed by atoms with Gasteiger partial charge in [-0.2, -0.15) is 0 Å². The molecule has 0 unspecified atom stereocenters. The summed E-state index contributed by atoms with van der Waals surface area (Å²) in [4.78, 5) is 11.3. The number of carbonyl (C=O) groups excluding carboxylic acids is 1. The predicted molar refractivity (Wildman–Crippen MR) is 100 cm³/mol. The van der Waals surface area contributed by atoms with Crippen LogP contribution in [0.25, 0.3) is 0 Å². The van der Waals surface area contributed by atoms with E-state index in [0.717, 1.165) is 0 Å². The van der Waals surface area contributed by atoms with Crippen molar-refractivity contribution in [1.82, 2.24) is 0 Å². The van der Waals surface area contributed by atoms with Gasteiger partial charge in [0.1, 0.15) is 17.2 Å². The summed E-state index contributed by atoms with van der Waals surface area (Å²) in [5, 5.41) is 2.62. The number of rotatable bonds is 7. The van der Waals surface area contributed by atoms with E-state index >= 15 is 0 Å². The minimum absolute atomic E-state index is 0.00154. The lowest BCUT2D eigenvalue weighted by Gasteiger charge is -2.19. The van der Waals surface area contributed by atoms with E-state index in [-0.39, 0.29) is 23.1 Å². The van der Waals surface area contributed by atoms with Gasteiger partial charge in [0.25, 0.3) is 15.9 Å². The van der Waals surface area contributed by atoms with Crippen LogP contribution < -0.4 is 24.2 Å². The van der Waals surface area contributed by atoms with Crippen LogP contribution in [-0.4, -0.2) is 34.1 Å². The maximum absolute atomic E-state index is 12.8. The van der Waals surface area contributed by atoms with E-state index in [1.807, 2.05) is 13.8 Å². The molecule has 2 aromatic rings. The van der Waals surface area contributed by atoms with Crippen LogP contribution in [-0.2, 0) is 14.8 Å². The lowest BCUT2D eigenvalue weighted by Crippen LogP contribution is -2.25. The van der Waals surface area contributed by atoms with Crippen molar-refractivity contribution in [3.8, 4) is 17.2 Å². The fraction of sp³-hybridized carbons (Fsp3) is 0.278. The smallest absolute Gasteiger partial charge is 0.262 e. The maximum Gasteiger partial charge on any atom is 0.262 e. The number of sulfonamides is 1. The Morgan fingerprint density at radius 3 is 2.63 bits per heavy atom. The average Bonchev–Trinajstić information content (AvgIpc) is 2.63. The van der Waals surface area contributed by atoms with E-state index < -0.39 is 10.0 Å². The first-order valence-corrected chi connectivity index (χ1v) is 9.90. The van der Waals surface area contributed by atoms with Gasteiger partial charge in [0.2, 0.25) is 0 Å². The van der Waals surface area contributed by atoms with Gasteiger partial charge in [0, 0.05) is 12.1 Å². The van der Waals surface area contributed by atoms with E-state index in [0.29, 0.717) is 36.1 Å². The second kappa shape index (κ2) is 7.75. The predicted octanol–water partition coefficient (Wildman–Crippen LogP) is 2.62. The first kappa shape index (κ1) is 18.8. The molecule has 1 aliphatic rings. The zero-order chi connectivity index (χ0) is 19.4. The highest BCUT2D eigenvalue weighted by Crippen LogP contribution is 2.34. The Morgan fingerprint density at radius 2 is 1.89 bits per heavy atom. The molecule has 0 aromatic heterocycles. The van der Waals surface area contributed by atoms with Crippen LogP contribution in [0.2, 0.25) is 0 Å². The van der Waals surface area contributed by atoms with Crippen molar-refractivity contribution in [3.05, 3.63) is 36.4 Å². The van der Waals surface area contributed by atoms with Crippen molar-refractivity contribution < 1.29 is 27.4 Å². The normalized spacial score (nSPS) is 13.2. The van der Waals surface area contributed by atoms with Crippen LogP contribution >= 0.6 is 0 Å². The molecule has 0 atom stereocenters. The molecule has 0 spiro atoms. The Kier molecular flexibility index (Phi) is 5.41. The van der Waals surface area contributed by atoms with Crippen molar-refractivity contribution in [2.24, 2.45) is 0 Å². The Morgan fingerprint density at radius 1 is 1.11 bits per heavy atom. The highest BCUT2D eigenvalue weighted by molar-refractivity contribution is 7.92. The van der Waals surface area contributed by atoms with Crippen LogP contribution in [0.5, 0.6) is 17.2 Å². The Balaban J connectivity index is 1.92. The first-order chi connectivity index (χ1) is 12.9. The number of ether oxygens (including phenoxy) is 3. The van der Waals surface area contributed by atoms with E-state index in [1.165, 1.54) is 18.2 Å². The quantitative estimate of drug-likeness (QED) is 0.751. The molecule has 1 amide bonds. The summed E-state index contributed by atoms with van der Waals surface area (Å²) in [6.07, 6.45) is 0. The topological polar surface area (TPSA) is 103 Å². The monoisotopic (exact) mass is 392 g/mol. The zero-order valence-corrected chi connectivity index (χ0v) is 15.8. The van der Waals surface area contributed by atoms with E-state index in [1.54, 1.807) is 18.2 Å². The Labute approximate surface area is 157 Å². The van der Waals surface area contributed by atoms with Crippen LogP contribution in [0.4, 0.5) is 11.4 Å². The largest absolute Gasteiger partial charge is 0.494 e. The van der Waals surface area contributed by atoms with E-state index in [4.69, 9.17) is 14.2 Å². The average molecular weight is 392 g/mol. The molecule has 2 N–H and O–H groups in total. The molecule has 1 aliphatic heterocycles. The minimum Gasteiger partial charge on any atom is -0.494 e. The summed E-state index contributed by atoms with van der Waals surface area (Å²) in [5.41, 5.74) is 0.702. The van der Waals surface area contributed by atoms with Gasteiger partial charge in [0.05, 0.1) is 29.5 Å². The second-order valence-corrected chi connectivity index (χ2v) is 7.31. The summed E-state index contributed by atoms with van der Waals surface area (Å²) >= 11 is 0. The molecule has 144 valence electrons. The Bertz CT molecular complexity index is 958. The van der Waals surface area contributed by atoms with E-state index in [9.17, 15) is 13.2 Å². The summed E-state index contributed by atoms with van der Waals surface area (Å²) < 4.78 is 44.4. The van der Waals surface area contributed by atoms with Crippen molar-refractivity contribution in [3.63, 3.8) is 0 Å². The number of carbonyl (C=O) groups is 1. The van der Waals surface area contributed by atoms with Gasteiger partial charge in [-0.1, -0.05) is 0 Å². The highest BCUT2D eigenvalue weighted by Gasteiger charge is 2.22. The zero-order valence-electron chi connectivity index (χ0n) is 14.9. The summed E-state index contributed by atoms with van der Waals surface area (Å²) in [6, 6.07) is 9.18. The lowest BCUT2D eigenvalue weighted by molar-refractivity contribution is -0.118. The third-order valence-corrected chi connectivity index (χ3v) is 5.07. The number of fused-ring (bicyclic) bond motifs is 1. The molecule has 9 heteroatoms. The summed E-state index contributed by atoms with van der Waals surface area (Å²) in [6.45, 7) is 4.33. The number of hydrogen-bond donors (Lipinski definition) is 2. The minimum atomic E-state index is -3.91. The van der Waals surface area contributed by atoms with Gasteiger partial charge in [-0.15, -0.1) is 0 Å². The van der Waals surface area contributed by atoms with Crippen LogP contribution in [0.15, 0.2) is 41.3 Å². The SMILES string of the molecule is CCOc1ccc(OCC)c(NS(=O)(=O)c2ccc3c(c2)OCC(=O)N3)c1. The van der Waals surface area contributed by atoms with Gasteiger partial charge in [-0.05, 0) is 38.1 Å². The first-order valence-electron chi connectivity index (χ1n) is 8.42. The number of nitrogens with one attached hydrogen (secondary N) is 2. The fourth-order valence-electron chi connectivity index (χ4n) is 2.55. The molecule has 0 aliphatic carbocycles. The molecule has 3 rings (SSSR count). The molecular weight excluding hydrogens is 372 g/mol. The molecule has 0 bridgehead atoms. The highest BCUT2D eigenvalue weighted by atomic mass is 32.2. The van der Waals surface area contributed by atoms with Gasteiger partial charge < -0.3 is 19.5 Å². The van der Waals surface area contributed by atoms with Crippen molar-refractivity contribution in [2.75, 3.05) is 29.9 Å². The number of benzene rings is 2. The van der Waals surface area contributed by atoms with Gasteiger partial charge >= 0.3 is 0 Å². The molecule has 0 radical (unpaired) electrons. The summed E-state index contributed by atoms with van der Waals surface area (Å²) in [7, 11) is -3.91. The molecule has 1 heterocycles. The van der Waals surface area contributed by atoms with Crippen LogP contribution in [0, 0.1) is 0 Å². The number of anilines is 2. The van der Waals surface area contributed by atoms with Crippen molar-refractivity contribution in [2.45, 2.75) is 18.7 Å². The van der Waals surface area contributed by atoms with Gasteiger partial charge in [0.15, 0.2) is 6.61 Å². The van der Waals surface area contributed by atoms with Crippen LogP contribution in [0.3, 0.4) is 0 Å². The molecule has 0 fully saturated rings. The van der Waals surface area contributed by atoms with Crippen molar-refractivity contribution in [1.29, 1.82) is 0 Å². The van der Waals surface area contributed by atoms with E-state index in [2.05, 4.69) is 10.0 Å². The molecule has 0 saturated heterocycles. The third-order valence-electron chi connectivity index (χ3n) is 3.70. The fourth-order valence-corrected chi connectivity index (χ4v) is 3.63. The summed E-state index contributed by atoms with van der Waals surface area (Å²) in [5.74, 6) is 0.928. The molecule has 27 heavy (non-hydrogen) atoms. The van der Waals surface area contributed by atoms with Gasteiger partial charge in [-0.25, -0.2) is 8.42 Å². The van der Waals surface area contributed by atoms with Crippen molar-refractivity contribution >= 4 is 27.3 Å². The second-order valence-electron chi connectivity index (χ2n) is 5.62. The molecule has 8 nitrogen and oxygen atoms in total. The Hall–Kier alpha value is -2.94. The molecule has 2 aromatic carbocycles. The van der Waals surface area contributed by atoms with Gasteiger partial charge in [-0.3, -0.25) is 9.52 Å². The molecular formula is C18H20N2O6S. The number of hydrogen-bond acceptors (Lipinski definition) is 6. The van der Waals surface area contributed by atoms with Crippen LogP contribution in [0.1, 0.15) is 13.8 Å². The standard InChI is InChI=1S/C18H20N2O6S/c1-3-24-12-5-8-16(25-4-2)15(9-12)20-27(22,23)13-6-7-14-17(10-13)26-11-18(21)19-14/h5-10,20H,3-4,11H2,1-2H3,(H,19,21). The number of amides is 1. The molecule has 0 saturated carbocycles. The maximum atomic E-state index is 12.8. The lowest BCUT2D eigenvalue weighted by atomic mass is 10.2.